The maximum absolute atomic E-state index is 8.62. The number of nitrogens with one attached hydrogen (secondary N) is 1. The smallest absolute Gasteiger partial charge is 0.0992 e. The highest BCUT2D eigenvalue weighted by Crippen LogP contribution is 2.28. The Labute approximate surface area is 90.9 Å². The Morgan fingerprint density at radius 2 is 2.07 bits per heavy atom. The van der Waals surface area contributed by atoms with Crippen LogP contribution in [0.25, 0.3) is 0 Å². The van der Waals surface area contributed by atoms with Gasteiger partial charge in [-0.2, -0.15) is 5.26 Å². The number of rotatable bonds is 2. The third-order valence-corrected chi connectivity index (χ3v) is 2.12. The molecule has 3 heteroatoms. The molecule has 3 nitrogen and oxygen atoms in total. The van der Waals surface area contributed by atoms with E-state index in [1.807, 2.05) is 19.9 Å². The zero-order valence-electron chi connectivity index (χ0n) is 9.25. The van der Waals surface area contributed by atoms with E-state index in [4.69, 9.17) is 11.0 Å². The summed E-state index contributed by atoms with van der Waals surface area (Å²) in [6.07, 6.45) is 2.44. The lowest BCUT2D eigenvalue weighted by Crippen LogP contribution is -2.03. The Balaban J connectivity index is 0.000000531. The molecule has 0 heterocycles. The summed E-state index contributed by atoms with van der Waals surface area (Å²) in [4.78, 5) is 0. The fourth-order valence-corrected chi connectivity index (χ4v) is 1.21. The average molecular weight is 203 g/mol. The van der Waals surface area contributed by atoms with Gasteiger partial charge in [0, 0.05) is 6.04 Å². The molecule has 1 aromatic rings. The minimum Gasteiger partial charge on any atom is -0.397 e. The van der Waals surface area contributed by atoms with E-state index in [9.17, 15) is 0 Å². The van der Waals surface area contributed by atoms with Gasteiger partial charge in [-0.25, -0.2) is 0 Å². The van der Waals surface area contributed by atoms with Gasteiger partial charge in [-0.1, -0.05) is 13.8 Å². The zero-order valence-corrected chi connectivity index (χ0v) is 9.25. The molecule has 0 aromatic heterocycles. The average Bonchev–Trinajstić information content (AvgIpc) is 3.08. The molecule has 1 aliphatic rings. The molecule has 0 bridgehead atoms. The highest BCUT2D eigenvalue weighted by Gasteiger charge is 2.21. The molecule has 1 fully saturated rings. The van der Waals surface area contributed by atoms with Crippen LogP contribution in [-0.2, 0) is 0 Å². The number of hydrogen-bond acceptors (Lipinski definition) is 3. The Bertz CT molecular complexity index is 362. The standard InChI is InChI=1S/C10H11N3.C2H6/c11-6-7-1-4-10(9(12)5-7)13-8-2-3-8;1-2/h1,4-5,8,13H,2-3,12H2;1-2H3. The van der Waals surface area contributed by atoms with Gasteiger partial charge < -0.3 is 11.1 Å². The summed E-state index contributed by atoms with van der Waals surface area (Å²) in [7, 11) is 0. The highest BCUT2D eigenvalue weighted by atomic mass is 15.0. The third-order valence-electron chi connectivity index (χ3n) is 2.12. The molecular formula is C12H17N3. The topological polar surface area (TPSA) is 61.8 Å². The maximum Gasteiger partial charge on any atom is 0.0992 e. The first-order chi connectivity index (χ1) is 7.29. The van der Waals surface area contributed by atoms with E-state index in [1.165, 1.54) is 12.8 Å². The van der Waals surface area contributed by atoms with E-state index in [-0.39, 0.29) is 0 Å². The molecule has 0 saturated heterocycles. The third kappa shape index (κ3) is 3.17. The molecule has 0 amide bonds. The minimum atomic E-state index is 0.593. The number of benzene rings is 1. The molecule has 15 heavy (non-hydrogen) atoms. The number of nitrogens with two attached hydrogens (primary N) is 1. The quantitative estimate of drug-likeness (QED) is 0.726. The van der Waals surface area contributed by atoms with Crippen LogP contribution in [0.4, 0.5) is 11.4 Å². The molecule has 1 saturated carbocycles. The van der Waals surface area contributed by atoms with Gasteiger partial charge in [-0.3, -0.25) is 0 Å². The Morgan fingerprint density at radius 1 is 1.40 bits per heavy atom. The summed E-state index contributed by atoms with van der Waals surface area (Å²) < 4.78 is 0. The Kier molecular flexibility index (Phi) is 3.99. The van der Waals surface area contributed by atoms with Crippen LogP contribution in [0.3, 0.4) is 0 Å². The molecule has 0 radical (unpaired) electrons. The van der Waals surface area contributed by atoms with E-state index in [0.717, 1.165) is 5.69 Å². The molecular weight excluding hydrogens is 186 g/mol. The van der Waals surface area contributed by atoms with Crippen molar-refractivity contribution in [2.75, 3.05) is 11.1 Å². The molecule has 1 aliphatic carbocycles. The number of anilines is 2. The van der Waals surface area contributed by atoms with Crippen molar-refractivity contribution in [2.24, 2.45) is 0 Å². The van der Waals surface area contributed by atoms with Gasteiger partial charge in [0.25, 0.3) is 0 Å². The molecule has 0 aliphatic heterocycles. The van der Waals surface area contributed by atoms with Gasteiger partial charge in [0.15, 0.2) is 0 Å². The first-order valence-electron chi connectivity index (χ1n) is 5.36. The van der Waals surface area contributed by atoms with Crippen molar-refractivity contribution in [3.05, 3.63) is 23.8 Å². The van der Waals surface area contributed by atoms with Crippen LogP contribution in [0.15, 0.2) is 18.2 Å². The summed E-state index contributed by atoms with van der Waals surface area (Å²) in [5, 5.41) is 11.9. The summed E-state index contributed by atoms with van der Waals surface area (Å²) in [5.41, 5.74) is 7.97. The monoisotopic (exact) mass is 203 g/mol. The summed E-state index contributed by atoms with van der Waals surface area (Å²) in [5.74, 6) is 0. The highest BCUT2D eigenvalue weighted by molar-refractivity contribution is 5.68. The van der Waals surface area contributed by atoms with Gasteiger partial charge >= 0.3 is 0 Å². The minimum absolute atomic E-state index is 0.593. The van der Waals surface area contributed by atoms with E-state index >= 15 is 0 Å². The first-order valence-corrected chi connectivity index (χ1v) is 5.36. The lowest BCUT2D eigenvalue weighted by molar-refractivity contribution is 1.16. The van der Waals surface area contributed by atoms with Crippen LogP contribution >= 0.6 is 0 Å². The van der Waals surface area contributed by atoms with Crippen LogP contribution in [0, 0.1) is 11.3 Å². The number of hydrogen-bond donors (Lipinski definition) is 2. The SMILES string of the molecule is CC.N#Cc1ccc(NC2CC2)c(N)c1. The van der Waals surface area contributed by atoms with Crippen molar-refractivity contribution in [1.82, 2.24) is 0 Å². The van der Waals surface area contributed by atoms with Crippen molar-refractivity contribution in [2.45, 2.75) is 32.7 Å². The molecule has 0 spiro atoms. The van der Waals surface area contributed by atoms with Crippen molar-refractivity contribution in [1.29, 1.82) is 5.26 Å². The predicted octanol–water partition coefficient (Wildman–Crippen LogP) is 2.74. The summed E-state index contributed by atoms with van der Waals surface area (Å²) in [6.45, 7) is 4.00. The van der Waals surface area contributed by atoms with Crippen molar-refractivity contribution in [3.8, 4) is 6.07 Å². The van der Waals surface area contributed by atoms with Gasteiger partial charge in [-0.15, -0.1) is 0 Å². The van der Waals surface area contributed by atoms with Crippen molar-refractivity contribution in [3.63, 3.8) is 0 Å². The van der Waals surface area contributed by atoms with Gasteiger partial charge in [-0.05, 0) is 31.0 Å². The molecule has 2 rings (SSSR count). The van der Waals surface area contributed by atoms with Gasteiger partial charge in [0.05, 0.1) is 23.0 Å². The van der Waals surface area contributed by atoms with Gasteiger partial charge in [0.2, 0.25) is 0 Å². The fraction of sp³-hybridized carbons (Fsp3) is 0.417. The predicted molar refractivity (Wildman–Crippen MR) is 63.6 cm³/mol. The number of nitrogens with zero attached hydrogens (tertiary/aromatic N) is 1. The first kappa shape index (κ1) is 11.4. The molecule has 0 atom stereocenters. The number of nitrogen functional groups attached to an aromatic ring is 1. The van der Waals surface area contributed by atoms with E-state index in [0.29, 0.717) is 17.3 Å². The van der Waals surface area contributed by atoms with Crippen LogP contribution in [-0.4, -0.2) is 6.04 Å². The van der Waals surface area contributed by atoms with E-state index in [1.54, 1.807) is 12.1 Å². The van der Waals surface area contributed by atoms with Gasteiger partial charge in [0.1, 0.15) is 0 Å². The molecule has 80 valence electrons. The van der Waals surface area contributed by atoms with E-state index < -0.39 is 0 Å². The molecule has 0 unspecified atom stereocenters. The van der Waals surface area contributed by atoms with Crippen molar-refractivity contribution >= 4 is 11.4 Å². The van der Waals surface area contributed by atoms with Crippen LogP contribution in [0.1, 0.15) is 32.3 Å². The normalized spacial score (nSPS) is 13.4. The lowest BCUT2D eigenvalue weighted by atomic mass is 10.2. The second-order valence-corrected chi connectivity index (χ2v) is 3.33. The Hall–Kier alpha value is -1.69. The Morgan fingerprint density at radius 3 is 2.53 bits per heavy atom. The van der Waals surface area contributed by atoms with Crippen molar-refractivity contribution < 1.29 is 0 Å². The summed E-state index contributed by atoms with van der Waals surface area (Å²) >= 11 is 0. The fourth-order valence-electron chi connectivity index (χ4n) is 1.21. The molecule has 3 N–H and O–H groups in total. The second kappa shape index (κ2) is 5.26. The summed E-state index contributed by atoms with van der Waals surface area (Å²) in [6, 6.07) is 7.99. The van der Waals surface area contributed by atoms with Crippen LogP contribution in [0.2, 0.25) is 0 Å². The second-order valence-electron chi connectivity index (χ2n) is 3.33. The largest absolute Gasteiger partial charge is 0.397 e. The zero-order chi connectivity index (χ0) is 11.3. The lowest BCUT2D eigenvalue weighted by Gasteiger charge is -2.07. The molecule has 1 aromatic carbocycles. The van der Waals surface area contributed by atoms with Crippen LogP contribution < -0.4 is 11.1 Å². The maximum atomic E-state index is 8.62. The van der Waals surface area contributed by atoms with Crippen LogP contribution in [0.5, 0.6) is 0 Å². The number of nitriles is 1. The van der Waals surface area contributed by atoms with E-state index in [2.05, 4.69) is 11.4 Å².